The van der Waals surface area contributed by atoms with E-state index in [2.05, 4.69) is 4.72 Å². The van der Waals surface area contributed by atoms with Crippen LogP contribution >= 0.6 is 23.5 Å². The number of benzene rings is 2. The molecule has 0 amide bonds. The van der Waals surface area contributed by atoms with E-state index in [1.54, 1.807) is 19.2 Å². The Morgan fingerprint density at radius 2 is 2.09 bits per heavy atom. The summed E-state index contributed by atoms with van der Waals surface area (Å²) in [5, 5.41) is 0.0614. The molecule has 0 atom stereocenters. The van der Waals surface area contributed by atoms with Gasteiger partial charge in [-0.25, -0.2) is 9.18 Å². The first-order valence-corrected chi connectivity index (χ1v) is 7.63. The highest BCUT2D eigenvalue weighted by atomic mass is 35.5. The number of hydrogen-bond donors (Lipinski definition) is 1. The number of rotatable bonds is 3. The molecule has 2 aromatic carbocycles. The zero-order valence-corrected chi connectivity index (χ0v) is 13.4. The summed E-state index contributed by atoms with van der Waals surface area (Å²) in [5.74, 6) is -0.848. The maximum atomic E-state index is 13.1. The Labute approximate surface area is 135 Å². The van der Waals surface area contributed by atoms with Gasteiger partial charge in [0.25, 0.3) is 0 Å². The van der Waals surface area contributed by atoms with Gasteiger partial charge >= 0.3 is 5.76 Å². The number of anilines is 1. The van der Waals surface area contributed by atoms with E-state index in [1.165, 1.54) is 28.6 Å². The first-order chi connectivity index (χ1) is 10.5. The molecule has 0 saturated carbocycles. The van der Waals surface area contributed by atoms with Gasteiger partial charge in [-0.15, -0.1) is 0 Å². The van der Waals surface area contributed by atoms with Gasteiger partial charge in [-0.3, -0.25) is 4.57 Å². The number of fused-ring (bicyclic) bond motifs is 1. The second-order valence-electron chi connectivity index (χ2n) is 4.85. The molecular formula is C15H12ClFN2O2S. The smallest absolute Gasteiger partial charge is 0.408 e. The molecule has 0 unspecified atom stereocenters. The van der Waals surface area contributed by atoms with Gasteiger partial charge in [-0.2, -0.15) is 0 Å². The Hall–Kier alpha value is -1.92. The van der Waals surface area contributed by atoms with E-state index >= 15 is 0 Å². The third-order valence-electron chi connectivity index (χ3n) is 3.25. The Morgan fingerprint density at radius 1 is 1.32 bits per heavy atom. The van der Waals surface area contributed by atoms with E-state index in [9.17, 15) is 9.18 Å². The summed E-state index contributed by atoms with van der Waals surface area (Å²) in [4.78, 5) is 12.4. The van der Waals surface area contributed by atoms with E-state index in [0.717, 1.165) is 16.0 Å². The van der Waals surface area contributed by atoms with Crippen LogP contribution in [0.1, 0.15) is 5.56 Å². The number of halogens is 2. The van der Waals surface area contributed by atoms with Crippen molar-refractivity contribution in [2.24, 2.45) is 7.05 Å². The Kier molecular flexibility index (Phi) is 3.88. The van der Waals surface area contributed by atoms with Crippen molar-refractivity contribution >= 4 is 40.3 Å². The lowest BCUT2D eigenvalue weighted by Gasteiger charge is -2.07. The van der Waals surface area contributed by atoms with E-state index in [1.807, 2.05) is 13.0 Å². The summed E-state index contributed by atoms with van der Waals surface area (Å²) in [5.41, 5.74) is 2.93. The lowest BCUT2D eigenvalue weighted by atomic mass is 10.2. The van der Waals surface area contributed by atoms with E-state index in [4.69, 9.17) is 16.0 Å². The topological polar surface area (TPSA) is 47.2 Å². The summed E-state index contributed by atoms with van der Waals surface area (Å²) < 4.78 is 22.9. The van der Waals surface area contributed by atoms with Crippen molar-refractivity contribution in [3.05, 3.63) is 57.3 Å². The second-order valence-corrected chi connectivity index (χ2v) is 6.13. The van der Waals surface area contributed by atoms with Crippen molar-refractivity contribution in [1.29, 1.82) is 0 Å². The van der Waals surface area contributed by atoms with Crippen molar-refractivity contribution in [2.75, 3.05) is 4.72 Å². The van der Waals surface area contributed by atoms with Crippen LogP contribution in [0.3, 0.4) is 0 Å². The average molecular weight is 339 g/mol. The molecule has 1 heterocycles. The van der Waals surface area contributed by atoms with Gasteiger partial charge in [0.1, 0.15) is 5.82 Å². The van der Waals surface area contributed by atoms with Crippen LogP contribution in [0, 0.1) is 12.7 Å². The predicted octanol–water partition coefficient (Wildman–Crippen LogP) is 4.35. The van der Waals surface area contributed by atoms with Crippen molar-refractivity contribution in [3.8, 4) is 0 Å². The highest BCUT2D eigenvalue weighted by Crippen LogP contribution is 2.28. The van der Waals surface area contributed by atoms with Gasteiger partial charge in [0.05, 0.1) is 10.5 Å². The molecule has 0 spiro atoms. The minimum atomic E-state index is -0.458. The molecule has 0 bridgehead atoms. The van der Waals surface area contributed by atoms with Gasteiger partial charge in [0.2, 0.25) is 0 Å². The Balaban J connectivity index is 1.88. The molecule has 114 valence electrons. The number of aromatic nitrogens is 1. The molecule has 0 aliphatic carbocycles. The third kappa shape index (κ3) is 2.71. The Morgan fingerprint density at radius 3 is 2.82 bits per heavy atom. The maximum absolute atomic E-state index is 13.1. The van der Waals surface area contributed by atoms with E-state index in [0.29, 0.717) is 11.3 Å². The van der Waals surface area contributed by atoms with Crippen LogP contribution in [-0.2, 0) is 7.05 Å². The van der Waals surface area contributed by atoms with Crippen LogP contribution in [0.15, 0.2) is 44.4 Å². The summed E-state index contributed by atoms with van der Waals surface area (Å²) >= 11 is 7.07. The van der Waals surface area contributed by atoms with Gasteiger partial charge < -0.3 is 9.14 Å². The molecule has 3 aromatic rings. The predicted molar refractivity (Wildman–Crippen MR) is 87.1 cm³/mol. The highest BCUT2D eigenvalue weighted by molar-refractivity contribution is 8.00. The molecular weight excluding hydrogens is 327 g/mol. The van der Waals surface area contributed by atoms with Gasteiger partial charge in [0, 0.05) is 17.6 Å². The summed E-state index contributed by atoms with van der Waals surface area (Å²) in [6, 6.07) is 8.14. The quantitative estimate of drug-likeness (QED) is 0.721. The van der Waals surface area contributed by atoms with Crippen LogP contribution in [0.2, 0.25) is 5.02 Å². The summed E-state index contributed by atoms with van der Waals surface area (Å²) in [6.07, 6.45) is 0. The lowest BCUT2D eigenvalue weighted by Crippen LogP contribution is -2.08. The first-order valence-electron chi connectivity index (χ1n) is 6.44. The molecule has 0 saturated heterocycles. The average Bonchev–Trinajstić information content (AvgIpc) is 2.75. The number of nitrogens with zero attached hydrogens (tertiary/aromatic N) is 1. The molecule has 0 radical (unpaired) electrons. The zero-order valence-electron chi connectivity index (χ0n) is 11.8. The molecule has 3 rings (SSSR count). The molecule has 4 nitrogen and oxygen atoms in total. The monoisotopic (exact) mass is 338 g/mol. The number of nitrogens with one attached hydrogen (secondary N) is 1. The van der Waals surface area contributed by atoms with Crippen molar-refractivity contribution < 1.29 is 8.81 Å². The number of aryl methyl sites for hydroxylation is 2. The molecule has 1 N–H and O–H groups in total. The fourth-order valence-electron chi connectivity index (χ4n) is 2.21. The normalized spacial score (nSPS) is 11.1. The molecule has 22 heavy (non-hydrogen) atoms. The fraction of sp³-hybridized carbons (Fsp3) is 0.133. The van der Waals surface area contributed by atoms with Crippen LogP contribution < -0.4 is 10.5 Å². The van der Waals surface area contributed by atoms with Gasteiger partial charge in [-0.05, 0) is 54.8 Å². The standard InChI is InChI=1S/C15H12ClFN2O2S/c1-8-5-10(7-13-14(8)19(2)15(20)21-13)22-18-9-3-4-12(17)11(16)6-9/h3-7,18H,1-2H3. The summed E-state index contributed by atoms with van der Waals surface area (Å²) in [6.45, 7) is 1.91. The molecule has 0 aliphatic rings. The molecule has 7 heteroatoms. The molecule has 0 aliphatic heterocycles. The second kappa shape index (κ2) is 5.70. The zero-order chi connectivity index (χ0) is 15.9. The van der Waals surface area contributed by atoms with Gasteiger partial charge in [0.15, 0.2) is 5.58 Å². The molecule has 1 aromatic heterocycles. The maximum Gasteiger partial charge on any atom is 0.419 e. The number of oxazole rings is 1. The van der Waals surface area contributed by atoms with Crippen LogP contribution in [0.5, 0.6) is 0 Å². The van der Waals surface area contributed by atoms with Crippen LogP contribution in [0.25, 0.3) is 11.1 Å². The van der Waals surface area contributed by atoms with Crippen molar-refractivity contribution in [3.63, 3.8) is 0 Å². The summed E-state index contributed by atoms with van der Waals surface area (Å²) in [7, 11) is 1.67. The van der Waals surface area contributed by atoms with Crippen molar-refractivity contribution in [2.45, 2.75) is 11.8 Å². The van der Waals surface area contributed by atoms with E-state index < -0.39 is 11.6 Å². The minimum absolute atomic E-state index is 0.0614. The van der Waals surface area contributed by atoms with E-state index in [-0.39, 0.29) is 5.02 Å². The van der Waals surface area contributed by atoms with Gasteiger partial charge in [-0.1, -0.05) is 11.6 Å². The minimum Gasteiger partial charge on any atom is -0.408 e. The fourth-order valence-corrected chi connectivity index (χ4v) is 3.16. The Bertz CT molecular complexity index is 920. The van der Waals surface area contributed by atoms with Crippen LogP contribution in [-0.4, -0.2) is 4.57 Å². The largest absolute Gasteiger partial charge is 0.419 e. The highest BCUT2D eigenvalue weighted by Gasteiger charge is 2.10. The number of hydrogen-bond acceptors (Lipinski definition) is 4. The van der Waals surface area contributed by atoms with Crippen molar-refractivity contribution in [1.82, 2.24) is 4.57 Å². The third-order valence-corrected chi connectivity index (χ3v) is 4.35. The lowest BCUT2D eigenvalue weighted by molar-refractivity contribution is 0.527. The molecule has 0 fully saturated rings. The van der Waals surface area contributed by atoms with Crippen LogP contribution in [0.4, 0.5) is 10.1 Å². The SMILES string of the molecule is Cc1cc(SNc2ccc(F)c(Cl)c2)cc2oc(=O)n(C)c12. The first kappa shape index (κ1) is 15.0.